The molecule has 1 atom stereocenters. The van der Waals surface area contributed by atoms with Gasteiger partial charge < -0.3 is 15.0 Å². The zero-order valence-corrected chi connectivity index (χ0v) is 19.0. The average Bonchev–Trinajstić information content (AvgIpc) is 3.40. The van der Waals surface area contributed by atoms with E-state index in [1.165, 1.54) is 12.1 Å². The van der Waals surface area contributed by atoms with Crippen LogP contribution in [0.5, 0.6) is 0 Å². The molecule has 1 aromatic carbocycles. The smallest absolute Gasteiger partial charge is 0.322 e. The van der Waals surface area contributed by atoms with Crippen LogP contribution in [0.4, 0.5) is 25.8 Å². The molecule has 172 valence electrons. The minimum atomic E-state index is -4.41. The fourth-order valence-electron chi connectivity index (χ4n) is 4.05. The van der Waals surface area contributed by atoms with E-state index in [4.69, 9.17) is 0 Å². The highest BCUT2D eigenvalue weighted by Crippen LogP contribution is 2.36. The van der Waals surface area contributed by atoms with Gasteiger partial charge in [0.1, 0.15) is 17.5 Å². The molecular weight excluding hydrogens is 514 g/mol. The third-order valence-corrected chi connectivity index (χ3v) is 7.54. The van der Waals surface area contributed by atoms with E-state index in [1.807, 2.05) is 0 Å². The summed E-state index contributed by atoms with van der Waals surface area (Å²) in [5.41, 5.74) is -1.63. The standard InChI is InChI=1S/C19H19BrF2N4O5S/c20-10-5-6-12(11(21)9-10)23-17-15(22)18(27)25-7-1-3-13(25)16(17)24-32(30,31)26-8-2-4-14(26)19(28)29/h5-6,9,14,23-24H,1-4,7-8H2,(H,28,29). The highest BCUT2D eigenvalue weighted by molar-refractivity contribution is 9.10. The number of rotatable bonds is 6. The maximum atomic E-state index is 15.1. The Bertz CT molecular complexity index is 1270. The van der Waals surface area contributed by atoms with Crippen molar-refractivity contribution in [3.05, 3.63) is 50.4 Å². The molecule has 0 spiro atoms. The minimum Gasteiger partial charge on any atom is -0.480 e. The lowest BCUT2D eigenvalue weighted by Crippen LogP contribution is -2.43. The van der Waals surface area contributed by atoms with Crippen molar-refractivity contribution < 1.29 is 27.1 Å². The number of carboxylic acids is 1. The number of halogens is 3. The molecule has 1 saturated heterocycles. The van der Waals surface area contributed by atoms with Crippen LogP contribution in [-0.4, -0.2) is 41.0 Å². The summed E-state index contributed by atoms with van der Waals surface area (Å²) in [6.07, 6.45) is 1.27. The van der Waals surface area contributed by atoms with Crippen LogP contribution >= 0.6 is 15.9 Å². The highest BCUT2D eigenvalue weighted by atomic mass is 79.9. The number of nitrogens with zero attached hydrogens (tertiary/aromatic N) is 2. The third-order valence-electron chi connectivity index (χ3n) is 5.53. The van der Waals surface area contributed by atoms with Crippen LogP contribution in [0.1, 0.15) is 25.0 Å². The zero-order valence-electron chi connectivity index (χ0n) is 16.6. The van der Waals surface area contributed by atoms with Crippen LogP contribution in [0.2, 0.25) is 0 Å². The van der Waals surface area contributed by atoms with E-state index in [1.54, 1.807) is 0 Å². The van der Waals surface area contributed by atoms with Gasteiger partial charge in [-0.25, -0.2) is 4.39 Å². The Labute approximate surface area is 190 Å². The number of carbonyl (C=O) groups is 1. The zero-order chi connectivity index (χ0) is 23.2. The lowest BCUT2D eigenvalue weighted by Gasteiger charge is -2.24. The molecular formula is C19H19BrF2N4O5S. The lowest BCUT2D eigenvalue weighted by molar-refractivity contribution is -0.140. The quantitative estimate of drug-likeness (QED) is 0.526. The second-order valence-electron chi connectivity index (χ2n) is 7.53. The monoisotopic (exact) mass is 532 g/mol. The third kappa shape index (κ3) is 3.99. The normalized spacial score (nSPS) is 18.5. The van der Waals surface area contributed by atoms with Gasteiger partial charge in [0.15, 0.2) is 0 Å². The summed E-state index contributed by atoms with van der Waals surface area (Å²) in [5.74, 6) is -3.31. The molecule has 0 amide bonds. The van der Waals surface area contributed by atoms with E-state index >= 15 is 4.39 Å². The molecule has 1 aromatic heterocycles. The van der Waals surface area contributed by atoms with Crippen molar-refractivity contribution in [1.29, 1.82) is 0 Å². The van der Waals surface area contributed by atoms with Gasteiger partial charge in [0.25, 0.3) is 5.56 Å². The molecule has 3 N–H and O–H groups in total. The molecule has 0 bridgehead atoms. The van der Waals surface area contributed by atoms with Crippen molar-refractivity contribution in [2.24, 2.45) is 0 Å². The average molecular weight is 533 g/mol. The van der Waals surface area contributed by atoms with Gasteiger partial charge in [0.2, 0.25) is 5.82 Å². The topological polar surface area (TPSA) is 121 Å². The Morgan fingerprint density at radius 1 is 1.19 bits per heavy atom. The van der Waals surface area contributed by atoms with Crippen LogP contribution in [0.25, 0.3) is 0 Å². The Balaban J connectivity index is 1.82. The van der Waals surface area contributed by atoms with Crippen LogP contribution in [0.15, 0.2) is 27.5 Å². The molecule has 32 heavy (non-hydrogen) atoms. The van der Waals surface area contributed by atoms with Crippen molar-refractivity contribution in [2.45, 2.75) is 38.3 Å². The number of nitrogens with one attached hydrogen (secondary N) is 2. The first-order chi connectivity index (χ1) is 15.1. The first kappa shape index (κ1) is 22.7. The number of anilines is 3. The Morgan fingerprint density at radius 2 is 1.94 bits per heavy atom. The van der Waals surface area contributed by atoms with E-state index in [9.17, 15) is 27.5 Å². The van der Waals surface area contributed by atoms with Crippen LogP contribution in [0, 0.1) is 11.6 Å². The van der Waals surface area contributed by atoms with Crippen LogP contribution in [0.3, 0.4) is 0 Å². The van der Waals surface area contributed by atoms with Crippen LogP contribution in [-0.2, 0) is 28.0 Å². The van der Waals surface area contributed by atoms with Gasteiger partial charge in [0, 0.05) is 23.3 Å². The highest BCUT2D eigenvalue weighted by Gasteiger charge is 2.40. The maximum Gasteiger partial charge on any atom is 0.322 e. The van der Waals surface area contributed by atoms with Gasteiger partial charge in [-0.05, 0) is 43.9 Å². The molecule has 13 heteroatoms. The molecule has 0 aliphatic carbocycles. The lowest BCUT2D eigenvalue weighted by atomic mass is 10.2. The molecule has 0 saturated carbocycles. The van der Waals surface area contributed by atoms with E-state index in [0.717, 1.165) is 14.9 Å². The summed E-state index contributed by atoms with van der Waals surface area (Å²) >= 11 is 3.12. The van der Waals surface area contributed by atoms with Crippen molar-refractivity contribution >= 4 is 49.2 Å². The summed E-state index contributed by atoms with van der Waals surface area (Å²) in [7, 11) is -4.41. The summed E-state index contributed by atoms with van der Waals surface area (Å²) in [6.45, 7) is 0.183. The van der Waals surface area contributed by atoms with Gasteiger partial charge in [-0.2, -0.15) is 17.1 Å². The van der Waals surface area contributed by atoms with Gasteiger partial charge in [-0.3, -0.25) is 14.3 Å². The van der Waals surface area contributed by atoms with Gasteiger partial charge in [0.05, 0.1) is 11.4 Å². The van der Waals surface area contributed by atoms with E-state index < -0.39 is 45.1 Å². The maximum absolute atomic E-state index is 15.1. The van der Waals surface area contributed by atoms with Gasteiger partial charge >= 0.3 is 16.2 Å². The number of aromatic nitrogens is 1. The minimum absolute atomic E-state index is 0.0200. The van der Waals surface area contributed by atoms with Gasteiger partial charge in [-0.1, -0.05) is 15.9 Å². The van der Waals surface area contributed by atoms with Gasteiger partial charge in [-0.15, -0.1) is 0 Å². The number of carboxylic acid groups (broad SMARTS) is 1. The number of benzene rings is 1. The Kier molecular flexibility index (Phi) is 5.98. The predicted octanol–water partition coefficient (Wildman–Crippen LogP) is 2.78. The summed E-state index contributed by atoms with van der Waals surface area (Å²) in [6, 6.07) is 2.68. The van der Waals surface area contributed by atoms with E-state index in [2.05, 4.69) is 26.0 Å². The first-order valence-electron chi connectivity index (χ1n) is 9.80. The molecule has 4 rings (SSSR count). The molecule has 3 heterocycles. The molecule has 9 nitrogen and oxygen atoms in total. The Hall–Kier alpha value is -2.51. The van der Waals surface area contributed by atoms with Crippen molar-refractivity contribution in [3.63, 3.8) is 0 Å². The summed E-state index contributed by atoms with van der Waals surface area (Å²) in [4.78, 5) is 24.0. The number of hydrogen-bond acceptors (Lipinski definition) is 5. The molecule has 1 unspecified atom stereocenters. The van der Waals surface area contributed by atoms with Crippen LogP contribution < -0.4 is 15.6 Å². The number of pyridine rings is 1. The second-order valence-corrected chi connectivity index (χ2v) is 10.1. The first-order valence-corrected chi connectivity index (χ1v) is 12.0. The van der Waals surface area contributed by atoms with Crippen molar-refractivity contribution in [3.8, 4) is 0 Å². The molecule has 2 aromatic rings. The number of fused-ring (bicyclic) bond motifs is 1. The second kappa shape index (κ2) is 8.45. The van der Waals surface area contributed by atoms with Crippen molar-refractivity contribution in [1.82, 2.24) is 8.87 Å². The molecule has 1 fully saturated rings. The number of hydrogen-bond donors (Lipinski definition) is 3. The van der Waals surface area contributed by atoms with Crippen molar-refractivity contribution in [2.75, 3.05) is 16.6 Å². The fraction of sp³-hybridized carbons (Fsp3) is 0.368. The van der Waals surface area contributed by atoms with E-state index in [-0.39, 0.29) is 43.0 Å². The van der Waals surface area contributed by atoms with E-state index in [0.29, 0.717) is 17.3 Å². The Morgan fingerprint density at radius 3 is 2.62 bits per heavy atom. The summed E-state index contributed by atoms with van der Waals surface area (Å²) in [5, 5.41) is 11.9. The predicted molar refractivity (Wildman–Crippen MR) is 116 cm³/mol. The SMILES string of the molecule is O=C(O)C1CCCN1S(=O)(=O)Nc1c(Nc2ccc(Br)cc2F)c(F)c(=O)n2c1CCC2. The molecule has 0 radical (unpaired) electrons. The number of aliphatic carboxylic acids is 1. The fourth-order valence-corrected chi connectivity index (χ4v) is 5.88. The largest absolute Gasteiger partial charge is 0.480 e. The molecule has 2 aliphatic rings. The summed E-state index contributed by atoms with van der Waals surface area (Å²) < 4.78 is 60.3. The molecule has 2 aliphatic heterocycles.